The number of hydrogen-bond acceptors (Lipinski definition) is 6. The molecule has 1 N–H and O–H groups in total. The standard InChI is InChI=1S/C20H26N2O5S2/c1-6-28-19-10-8-7-9-16(19)21-20(23)14(2)22(29(5,24)25)17-13-15(26-3)11-12-18(17)27-4/h7-14H,6H2,1-5H3,(H,21,23)/t14-/m0/s1. The SMILES string of the molecule is CCSc1ccccc1NC(=O)[C@H](C)N(c1cc(OC)ccc1OC)S(C)(=O)=O. The van der Waals surface area contributed by atoms with E-state index in [2.05, 4.69) is 5.32 Å². The van der Waals surface area contributed by atoms with Crippen LogP contribution in [0.1, 0.15) is 13.8 Å². The second-order valence-electron chi connectivity index (χ2n) is 6.19. The van der Waals surface area contributed by atoms with Gasteiger partial charge in [-0.05, 0) is 36.9 Å². The Balaban J connectivity index is 2.43. The summed E-state index contributed by atoms with van der Waals surface area (Å²) < 4.78 is 36.8. The fourth-order valence-electron chi connectivity index (χ4n) is 2.84. The predicted molar refractivity (Wildman–Crippen MR) is 118 cm³/mol. The maximum Gasteiger partial charge on any atom is 0.248 e. The first-order valence-corrected chi connectivity index (χ1v) is 11.8. The first kappa shape index (κ1) is 22.9. The Kier molecular flexibility index (Phi) is 7.80. The Morgan fingerprint density at radius 3 is 2.45 bits per heavy atom. The van der Waals surface area contributed by atoms with Crippen LogP contribution in [0.5, 0.6) is 11.5 Å². The zero-order valence-electron chi connectivity index (χ0n) is 17.1. The number of nitrogens with one attached hydrogen (secondary N) is 1. The number of anilines is 2. The molecular formula is C20H26N2O5S2. The number of thioether (sulfide) groups is 1. The van der Waals surface area contributed by atoms with Gasteiger partial charge in [-0.25, -0.2) is 8.42 Å². The quantitative estimate of drug-likeness (QED) is 0.602. The van der Waals surface area contributed by atoms with Crippen molar-refractivity contribution in [3.63, 3.8) is 0 Å². The molecule has 0 saturated heterocycles. The molecule has 0 aliphatic rings. The Labute approximate surface area is 176 Å². The molecule has 2 rings (SSSR count). The van der Waals surface area contributed by atoms with Gasteiger partial charge in [0.1, 0.15) is 17.5 Å². The van der Waals surface area contributed by atoms with Crippen LogP contribution in [0.15, 0.2) is 47.4 Å². The number of sulfonamides is 1. The largest absolute Gasteiger partial charge is 0.497 e. The smallest absolute Gasteiger partial charge is 0.248 e. The molecule has 0 bridgehead atoms. The average molecular weight is 439 g/mol. The second kappa shape index (κ2) is 9.89. The van der Waals surface area contributed by atoms with Crippen LogP contribution in [-0.2, 0) is 14.8 Å². The van der Waals surface area contributed by atoms with E-state index in [-0.39, 0.29) is 5.69 Å². The van der Waals surface area contributed by atoms with E-state index in [1.165, 1.54) is 27.2 Å². The number of carbonyl (C=O) groups is 1. The second-order valence-corrected chi connectivity index (χ2v) is 9.36. The summed E-state index contributed by atoms with van der Waals surface area (Å²) in [6.07, 6.45) is 1.05. The van der Waals surface area contributed by atoms with Crippen molar-refractivity contribution < 1.29 is 22.7 Å². The molecule has 0 unspecified atom stereocenters. The summed E-state index contributed by atoms with van der Waals surface area (Å²) in [5.41, 5.74) is 0.871. The Morgan fingerprint density at radius 2 is 1.86 bits per heavy atom. The molecule has 158 valence electrons. The third-order valence-corrected chi connectivity index (χ3v) is 6.34. The summed E-state index contributed by atoms with van der Waals surface area (Å²) in [4.78, 5) is 13.9. The summed E-state index contributed by atoms with van der Waals surface area (Å²) >= 11 is 1.59. The Hall–Kier alpha value is -2.39. The molecule has 2 aromatic rings. The van der Waals surface area contributed by atoms with E-state index in [0.29, 0.717) is 17.2 Å². The molecule has 2 aromatic carbocycles. The van der Waals surface area contributed by atoms with E-state index in [1.54, 1.807) is 30.0 Å². The van der Waals surface area contributed by atoms with Crippen molar-refractivity contribution in [3.8, 4) is 11.5 Å². The molecule has 1 amide bonds. The molecule has 1 atom stereocenters. The van der Waals surface area contributed by atoms with Crippen molar-refractivity contribution in [1.82, 2.24) is 0 Å². The lowest BCUT2D eigenvalue weighted by atomic mass is 10.2. The van der Waals surface area contributed by atoms with Gasteiger partial charge in [0, 0.05) is 11.0 Å². The van der Waals surface area contributed by atoms with Gasteiger partial charge in [-0.3, -0.25) is 9.10 Å². The van der Waals surface area contributed by atoms with Crippen molar-refractivity contribution in [1.29, 1.82) is 0 Å². The maximum atomic E-state index is 13.0. The van der Waals surface area contributed by atoms with E-state index in [4.69, 9.17) is 9.47 Å². The summed E-state index contributed by atoms with van der Waals surface area (Å²) in [7, 11) is -0.880. The minimum absolute atomic E-state index is 0.230. The van der Waals surface area contributed by atoms with E-state index >= 15 is 0 Å². The predicted octanol–water partition coefficient (Wildman–Crippen LogP) is 3.61. The van der Waals surface area contributed by atoms with Crippen molar-refractivity contribution in [2.75, 3.05) is 35.9 Å². The molecule has 0 aliphatic heterocycles. The fraction of sp³-hybridized carbons (Fsp3) is 0.350. The number of para-hydroxylation sites is 1. The number of ether oxygens (including phenoxy) is 2. The van der Waals surface area contributed by atoms with Crippen molar-refractivity contribution in [3.05, 3.63) is 42.5 Å². The number of methoxy groups -OCH3 is 2. The zero-order chi connectivity index (χ0) is 21.6. The minimum atomic E-state index is -3.80. The van der Waals surface area contributed by atoms with Crippen LogP contribution in [0.3, 0.4) is 0 Å². The first-order chi connectivity index (χ1) is 13.7. The van der Waals surface area contributed by atoms with E-state index in [0.717, 1.165) is 21.2 Å². The lowest BCUT2D eigenvalue weighted by molar-refractivity contribution is -0.116. The number of nitrogens with zero attached hydrogens (tertiary/aromatic N) is 1. The molecule has 0 radical (unpaired) electrons. The molecule has 0 spiro atoms. The number of hydrogen-bond donors (Lipinski definition) is 1. The summed E-state index contributed by atoms with van der Waals surface area (Å²) in [6.45, 7) is 3.55. The van der Waals surface area contributed by atoms with Crippen molar-refractivity contribution in [2.45, 2.75) is 24.8 Å². The molecule has 7 nitrogen and oxygen atoms in total. The molecule has 0 aliphatic carbocycles. The summed E-state index contributed by atoms with van der Waals surface area (Å²) in [5.74, 6) is 1.16. The lowest BCUT2D eigenvalue weighted by Gasteiger charge is -2.29. The van der Waals surface area contributed by atoms with Crippen LogP contribution in [0, 0.1) is 0 Å². The van der Waals surface area contributed by atoms with E-state index in [9.17, 15) is 13.2 Å². The zero-order valence-corrected chi connectivity index (χ0v) is 18.8. The minimum Gasteiger partial charge on any atom is -0.497 e. The van der Waals surface area contributed by atoms with Gasteiger partial charge in [-0.15, -0.1) is 11.8 Å². The third kappa shape index (κ3) is 5.57. The molecule has 29 heavy (non-hydrogen) atoms. The highest BCUT2D eigenvalue weighted by Crippen LogP contribution is 2.35. The van der Waals surface area contributed by atoms with Crippen molar-refractivity contribution in [2.24, 2.45) is 0 Å². The molecule has 9 heteroatoms. The number of carbonyl (C=O) groups excluding carboxylic acids is 1. The Bertz CT molecular complexity index is 963. The van der Waals surface area contributed by atoms with Gasteiger partial charge < -0.3 is 14.8 Å². The highest BCUT2D eigenvalue weighted by Gasteiger charge is 2.32. The van der Waals surface area contributed by atoms with E-state index < -0.39 is 22.0 Å². The summed E-state index contributed by atoms with van der Waals surface area (Å²) in [5, 5.41) is 2.85. The average Bonchev–Trinajstić information content (AvgIpc) is 2.68. The van der Waals surface area contributed by atoms with Crippen LogP contribution in [0.2, 0.25) is 0 Å². The van der Waals surface area contributed by atoms with Crippen LogP contribution < -0.4 is 19.1 Å². The fourth-order valence-corrected chi connectivity index (χ4v) is 4.77. The summed E-state index contributed by atoms with van der Waals surface area (Å²) in [6, 6.07) is 11.2. The maximum absolute atomic E-state index is 13.0. The van der Waals surface area contributed by atoms with Gasteiger partial charge in [0.25, 0.3) is 0 Å². The molecular weight excluding hydrogens is 412 g/mol. The van der Waals surface area contributed by atoms with Crippen LogP contribution in [0.25, 0.3) is 0 Å². The number of rotatable bonds is 9. The molecule has 0 fully saturated rings. The van der Waals surface area contributed by atoms with Gasteiger partial charge in [0.2, 0.25) is 15.9 Å². The molecule has 0 saturated carbocycles. The topological polar surface area (TPSA) is 84.9 Å². The number of amides is 1. The van der Waals surface area contributed by atoms with Gasteiger partial charge >= 0.3 is 0 Å². The van der Waals surface area contributed by atoms with Gasteiger partial charge in [0.15, 0.2) is 0 Å². The highest BCUT2D eigenvalue weighted by molar-refractivity contribution is 7.99. The van der Waals surface area contributed by atoms with Gasteiger partial charge in [-0.2, -0.15) is 0 Å². The third-order valence-electron chi connectivity index (χ3n) is 4.16. The van der Waals surface area contributed by atoms with Crippen LogP contribution >= 0.6 is 11.8 Å². The van der Waals surface area contributed by atoms with Gasteiger partial charge in [-0.1, -0.05) is 19.1 Å². The van der Waals surface area contributed by atoms with Gasteiger partial charge in [0.05, 0.1) is 31.9 Å². The molecule has 0 heterocycles. The number of benzene rings is 2. The Morgan fingerprint density at radius 1 is 1.17 bits per heavy atom. The van der Waals surface area contributed by atoms with E-state index in [1.807, 2.05) is 25.1 Å². The van der Waals surface area contributed by atoms with Crippen molar-refractivity contribution >= 4 is 39.1 Å². The van der Waals surface area contributed by atoms with Crippen LogP contribution in [-0.4, -0.2) is 46.6 Å². The molecule has 0 aromatic heterocycles. The van der Waals surface area contributed by atoms with Crippen LogP contribution in [0.4, 0.5) is 11.4 Å². The monoisotopic (exact) mass is 438 g/mol. The highest BCUT2D eigenvalue weighted by atomic mass is 32.2. The first-order valence-electron chi connectivity index (χ1n) is 8.97. The lowest BCUT2D eigenvalue weighted by Crippen LogP contribution is -2.45. The normalized spacial score (nSPS) is 12.2.